The van der Waals surface area contributed by atoms with Crippen molar-refractivity contribution in [1.82, 2.24) is 4.90 Å². The number of aryl methyl sites for hydroxylation is 1. The fraction of sp³-hybridized carbons (Fsp3) is 0.579. The normalized spacial score (nSPS) is 19.7. The van der Waals surface area contributed by atoms with Gasteiger partial charge in [-0.3, -0.25) is 0 Å². The molecule has 0 saturated carbocycles. The summed E-state index contributed by atoms with van der Waals surface area (Å²) in [5.74, 6) is 0. The third-order valence-corrected chi connectivity index (χ3v) is 4.73. The van der Waals surface area contributed by atoms with Crippen LogP contribution in [0.1, 0.15) is 51.2 Å². The molecule has 0 saturated heterocycles. The summed E-state index contributed by atoms with van der Waals surface area (Å²) < 4.78 is 5.46. The van der Waals surface area contributed by atoms with Crippen molar-refractivity contribution < 1.29 is 14.3 Å². The molecule has 0 fully saturated rings. The Balaban J connectivity index is 2.24. The van der Waals surface area contributed by atoms with Crippen LogP contribution < -0.4 is 0 Å². The van der Waals surface area contributed by atoms with E-state index in [0.29, 0.717) is 13.0 Å². The first-order valence-corrected chi connectivity index (χ1v) is 8.71. The standard InChI is InChI=1S/C19H26ClNO3/c1-18(2,3)24-17(23)21(4)13-19(9-5-11-22)10-8-14-12-15(20)6-7-16(14)19/h6-7,11-12H,5,8-10,13H2,1-4H3. The Labute approximate surface area is 149 Å². The summed E-state index contributed by atoms with van der Waals surface area (Å²) in [6.07, 6.45) is 3.63. The maximum Gasteiger partial charge on any atom is 0.410 e. The van der Waals surface area contributed by atoms with Crippen LogP contribution in [-0.4, -0.2) is 36.5 Å². The van der Waals surface area contributed by atoms with E-state index in [1.165, 1.54) is 11.1 Å². The van der Waals surface area contributed by atoms with Crippen LogP contribution >= 0.6 is 11.6 Å². The van der Waals surface area contributed by atoms with E-state index in [0.717, 1.165) is 30.6 Å². The number of carbonyl (C=O) groups excluding carboxylic acids is 2. The third kappa shape index (κ3) is 4.29. The van der Waals surface area contributed by atoms with E-state index < -0.39 is 5.60 Å². The zero-order valence-electron chi connectivity index (χ0n) is 14.9. The number of hydrogen-bond acceptors (Lipinski definition) is 3. The summed E-state index contributed by atoms with van der Waals surface area (Å²) >= 11 is 6.11. The maximum absolute atomic E-state index is 12.3. The molecule has 1 aliphatic carbocycles. The van der Waals surface area contributed by atoms with E-state index in [1.54, 1.807) is 11.9 Å². The zero-order chi connectivity index (χ0) is 18.0. The molecule has 1 aliphatic rings. The minimum absolute atomic E-state index is 0.216. The molecule has 1 aromatic carbocycles. The number of ether oxygens (including phenoxy) is 1. The van der Waals surface area contributed by atoms with Crippen molar-refractivity contribution in [2.45, 2.75) is 57.5 Å². The number of halogens is 1. The highest BCUT2D eigenvalue weighted by Crippen LogP contribution is 2.43. The van der Waals surface area contributed by atoms with Crippen molar-refractivity contribution >= 4 is 24.0 Å². The fourth-order valence-electron chi connectivity index (χ4n) is 3.49. The number of amides is 1. The summed E-state index contributed by atoms with van der Waals surface area (Å²) in [7, 11) is 1.75. The van der Waals surface area contributed by atoms with Crippen LogP contribution in [0.3, 0.4) is 0 Å². The first-order valence-electron chi connectivity index (χ1n) is 8.33. The summed E-state index contributed by atoms with van der Waals surface area (Å²) in [4.78, 5) is 24.9. The minimum Gasteiger partial charge on any atom is -0.444 e. The van der Waals surface area contributed by atoms with Crippen molar-refractivity contribution in [2.75, 3.05) is 13.6 Å². The molecule has 24 heavy (non-hydrogen) atoms. The first kappa shape index (κ1) is 18.8. The average Bonchev–Trinajstić information content (AvgIpc) is 2.81. The van der Waals surface area contributed by atoms with E-state index in [1.807, 2.05) is 39.0 Å². The first-order chi connectivity index (χ1) is 11.2. The van der Waals surface area contributed by atoms with Crippen LogP contribution in [0.15, 0.2) is 18.2 Å². The molecule has 2 rings (SSSR count). The Hall–Kier alpha value is -1.55. The van der Waals surface area contributed by atoms with Crippen molar-refractivity contribution in [1.29, 1.82) is 0 Å². The molecule has 0 aliphatic heterocycles. The van der Waals surface area contributed by atoms with Gasteiger partial charge in [-0.05, 0) is 63.3 Å². The largest absolute Gasteiger partial charge is 0.444 e. The number of rotatable bonds is 5. The van der Waals surface area contributed by atoms with Gasteiger partial charge in [0, 0.05) is 30.5 Å². The lowest BCUT2D eigenvalue weighted by Crippen LogP contribution is -2.43. The number of carbonyl (C=O) groups is 2. The van der Waals surface area contributed by atoms with Crippen molar-refractivity contribution in [2.24, 2.45) is 0 Å². The molecule has 132 valence electrons. The Morgan fingerprint density at radius 2 is 2.12 bits per heavy atom. The van der Waals surface area contributed by atoms with E-state index in [9.17, 15) is 9.59 Å². The molecule has 0 spiro atoms. The average molecular weight is 352 g/mol. The van der Waals surface area contributed by atoms with Crippen LogP contribution in [0.4, 0.5) is 4.79 Å². The van der Waals surface area contributed by atoms with Gasteiger partial charge in [0.2, 0.25) is 0 Å². The molecule has 4 nitrogen and oxygen atoms in total. The van der Waals surface area contributed by atoms with E-state index in [2.05, 4.69) is 0 Å². The number of likely N-dealkylation sites (N-methyl/N-ethyl adjacent to an activating group) is 1. The summed E-state index contributed by atoms with van der Waals surface area (Å²) in [5, 5.41) is 0.723. The summed E-state index contributed by atoms with van der Waals surface area (Å²) in [6, 6.07) is 5.92. The van der Waals surface area contributed by atoms with Gasteiger partial charge in [-0.15, -0.1) is 0 Å². The van der Waals surface area contributed by atoms with E-state index in [-0.39, 0.29) is 11.5 Å². The van der Waals surface area contributed by atoms with Gasteiger partial charge in [0.05, 0.1) is 0 Å². The Morgan fingerprint density at radius 3 is 2.75 bits per heavy atom. The highest BCUT2D eigenvalue weighted by Gasteiger charge is 2.40. The van der Waals surface area contributed by atoms with Gasteiger partial charge < -0.3 is 14.4 Å². The van der Waals surface area contributed by atoms with Gasteiger partial charge in [-0.2, -0.15) is 0 Å². The SMILES string of the molecule is CN(CC1(CCC=O)CCc2cc(Cl)ccc21)C(=O)OC(C)(C)C. The molecular formula is C19H26ClNO3. The van der Waals surface area contributed by atoms with Gasteiger partial charge in [0.1, 0.15) is 11.9 Å². The van der Waals surface area contributed by atoms with Crippen molar-refractivity contribution in [3.8, 4) is 0 Å². The van der Waals surface area contributed by atoms with E-state index in [4.69, 9.17) is 16.3 Å². The zero-order valence-corrected chi connectivity index (χ0v) is 15.7. The molecule has 0 heterocycles. The van der Waals surface area contributed by atoms with Crippen molar-refractivity contribution in [3.63, 3.8) is 0 Å². The number of nitrogens with zero attached hydrogens (tertiary/aromatic N) is 1. The van der Waals surface area contributed by atoms with E-state index >= 15 is 0 Å². The molecular weight excluding hydrogens is 326 g/mol. The topological polar surface area (TPSA) is 46.6 Å². The molecule has 1 amide bonds. The van der Waals surface area contributed by atoms with Crippen LogP contribution in [0.2, 0.25) is 5.02 Å². The maximum atomic E-state index is 12.3. The number of benzene rings is 1. The molecule has 0 radical (unpaired) electrons. The highest BCUT2D eigenvalue weighted by atomic mass is 35.5. The van der Waals surface area contributed by atoms with Crippen LogP contribution in [0, 0.1) is 0 Å². The summed E-state index contributed by atoms with van der Waals surface area (Å²) in [5.41, 5.74) is 1.67. The quantitative estimate of drug-likeness (QED) is 0.740. The molecule has 1 unspecified atom stereocenters. The number of aldehydes is 1. The van der Waals surface area contributed by atoms with Crippen LogP contribution in [-0.2, 0) is 21.4 Å². The second kappa shape index (κ2) is 7.14. The lowest BCUT2D eigenvalue weighted by molar-refractivity contribution is -0.108. The van der Waals surface area contributed by atoms with Crippen molar-refractivity contribution in [3.05, 3.63) is 34.3 Å². The number of hydrogen-bond donors (Lipinski definition) is 0. The predicted molar refractivity (Wildman–Crippen MR) is 95.6 cm³/mol. The van der Waals surface area contributed by atoms with Gasteiger partial charge >= 0.3 is 6.09 Å². The summed E-state index contributed by atoms with van der Waals surface area (Å²) in [6.45, 7) is 6.10. The van der Waals surface area contributed by atoms with Crippen LogP contribution in [0.25, 0.3) is 0 Å². The number of fused-ring (bicyclic) bond motifs is 1. The predicted octanol–water partition coefficient (Wildman–Crippen LogP) is 4.37. The second-order valence-electron chi connectivity index (χ2n) is 7.62. The third-order valence-electron chi connectivity index (χ3n) is 4.50. The highest BCUT2D eigenvalue weighted by molar-refractivity contribution is 6.30. The monoisotopic (exact) mass is 351 g/mol. The second-order valence-corrected chi connectivity index (χ2v) is 8.06. The molecule has 1 atom stereocenters. The van der Waals surface area contributed by atoms with Gasteiger partial charge in [0.25, 0.3) is 0 Å². The Kier molecular flexibility index (Phi) is 5.59. The lowest BCUT2D eigenvalue weighted by atomic mass is 9.77. The molecule has 0 bridgehead atoms. The Morgan fingerprint density at radius 1 is 1.42 bits per heavy atom. The smallest absolute Gasteiger partial charge is 0.410 e. The van der Waals surface area contributed by atoms with Gasteiger partial charge in [-0.1, -0.05) is 17.7 Å². The van der Waals surface area contributed by atoms with Crippen LogP contribution in [0.5, 0.6) is 0 Å². The molecule has 0 aromatic heterocycles. The minimum atomic E-state index is -0.525. The lowest BCUT2D eigenvalue weighted by Gasteiger charge is -2.35. The molecule has 1 aromatic rings. The molecule has 0 N–H and O–H groups in total. The fourth-order valence-corrected chi connectivity index (χ4v) is 3.69. The van der Waals surface area contributed by atoms with Gasteiger partial charge in [0.15, 0.2) is 0 Å². The molecule has 5 heteroatoms. The Bertz CT molecular complexity index is 624. The van der Waals surface area contributed by atoms with Gasteiger partial charge in [-0.25, -0.2) is 4.79 Å².